The van der Waals surface area contributed by atoms with Crippen molar-refractivity contribution in [1.82, 2.24) is 9.97 Å². The van der Waals surface area contributed by atoms with Crippen LogP contribution in [0.5, 0.6) is 5.75 Å². The Balaban J connectivity index is 1.37. The summed E-state index contributed by atoms with van der Waals surface area (Å²) >= 11 is 1.44. The van der Waals surface area contributed by atoms with Gasteiger partial charge in [0.15, 0.2) is 0 Å². The molecule has 0 spiro atoms. The Kier molecular flexibility index (Phi) is 7.70. The molecule has 3 aromatic carbocycles. The molecule has 0 amide bonds. The van der Waals surface area contributed by atoms with Gasteiger partial charge in [0.2, 0.25) is 0 Å². The number of rotatable bonds is 10. The van der Waals surface area contributed by atoms with Crippen LogP contribution in [0.2, 0.25) is 0 Å². The first-order valence-electron chi connectivity index (χ1n) is 12.4. The molecule has 5 rings (SSSR count). The van der Waals surface area contributed by atoms with Gasteiger partial charge in [0.25, 0.3) is 0 Å². The van der Waals surface area contributed by atoms with Crippen molar-refractivity contribution in [3.63, 3.8) is 0 Å². The van der Waals surface area contributed by atoms with E-state index in [2.05, 4.69) is 4.98 Å². The minimum atomic E-state index is -4.40. The zero-order chi connectivity index (χ0) is 27.4. The fourth-order valence-corrected chi connectivity index (χ4v) is 5.51. The number of alkyl halides is 3. The second kappa shape index (κ2) is 11.3. The highest BCUT2D eigenvalue weighted by atomic mass is 32.1. The Hall–Kier alpha value is -4.11. The van der Waals surface area contributed by atoms with E-state index in [0.717, 1.165) is 40.0 Å². The third-order valence-corrected chi connectivity index (χ3v) is 7.60. The molecule has 0 aliphatic rings. The van der Waals surface area contributed by atoms with Crippen molar-refractivity contribution in [2.45, 2.75) is 31.9 Å². The highest BCUT2D eigenvalue weighted by Crippen LogP contribution is 2.34. The third kappa shape index (κ3) is 6.49. The number of H-pyrrole nitrogens is 1. The number of carboxylic acid groups (broad SMARTS) is 1. The van der Waals surface area contributed by atoms with Gasteiger partial charge in [-0.15, -0.1) is 11.3 Å². The lowest BCUT2D eigenvalue weighted by Crippen LogP contribution is -2.07. The van der Waals surface area contributed by atoms with E-state index in [0.29, 0.717) is 41.3 Å². The number of nitrogens with zero attached hydrogens (tertiary/aromatic N) is 1. The van der Waals surface area contributed by atoms with Gasteiger partial charge in [-0.25, -0.2) is 4.98 Å². The summed E-state index contributed by atoms with van der Waals surface area (Å²) in [5, 5.41) is 10.9. The van der Waals surface area contributed by atoms with Gasteiger partial charge < -0.3 is 14.8 Å². The van der Waals surface area contributed by atoms with Gasteiger partial charge >= 0.3 is 12.1 Å². The molecule has 0 saturated heterocycles. The summed E-state index contributed by atoms with van der Waals surface area (Å²) in [5.41, 5.74) is 3.40. The normalized spacial score (nSPS) is 11.7. The van der Waals surface area contributed by atoms with Crippen molar-refractivity contribution in [3.05, 3.63) is 106 Å². The predicted molar refractivity (Wildman–Crippen MR) is 145 cm³/mol. The van der Waals surface area contributed by atoms with Crippen LogP contribution in [0.15, 0.2) is 79.0 Å². The minimum absolute atomic E-state index is 0.161. The van der Waals surface area contributed by atoms with Gasteiger partial charge in [0.1, 0.15) is 10.8 Å². The molecule has 0 bridgehead atoms. The van der Waals surface area contributed by atoms with E-state index in [1.54, 1.807) is 12.3 Å². The van der Waals surface area contributed by atoms with Crippen LogP contribution in [0.4, 0.5) is 13.2 Å². The fourth-order valence-electron chi connectivity index (χ4n) is 4.42. The number of aromatic amines is 1. The average Bonchev–Trinajstić information content (AvgIpc) is 3.54. The number of hydrogen-bond acceptors (Lipinski definition) is 4. The van der Waals surface area contributed by atoms with Crippen LogP contribution < -0.4 is 4.74 Å². The molecule has 5 aromatic rings. The summed E-state index contributed by atoms with van der Waals surface area (Å²) < 4.78 is 45.2. The lowest BCUT2D eigenvalue weighted by Gasteiger charge is -2.11. The van der Waals surface area contributed by atoms with Gasteiger partial charge in [-0.1, -0.05) is 42.5 Å². The van der Waals surface area contributed by atoms with E-state index in [-0.39, 0.29) is 6.42 Å². The number of aromatic nitrogens is 2. The maximum Gasteiger partial charge on any atom is 0.416 e. The number of aliphatic carboxylic acids is 1. The smallest absolute Gasteiger partial charge is 0.416 e. The quantitative estimate of drug-likeness (QED) is 0.191. The second-order valence-corrected chi connectivity index (χ2v) is 10.2. The summed E-state index contributed by atoms with van der Waals surface area (Å²) in [6.45, 7) is 0.301. The number of carbonyl (C=O) groups is 1. The summed E-state index contributed by atoms with van der Waals surface area (Å²) in [4.78, 5) is 20.3. The van der Waals surface area contributed by atoms with Crippen LogP contribution in [-0.2, 0) is 36.7 Å². The van der Waals surface area contributed by atoms with Crippen LogP contribution in [-0.4, -0.2) is 27.7 Å². The van der Waals surface area contributed by atoms with Crippen molar-refractivity contribution in [2.75, 3.05) is 6.61 Å². The molecule has 200 valence electrons. The van der Waals surface area contributed by atoms with E-state index < -0.39 is 17.7 Å². The first-order valence-corrected chi connectivity index (χ1v) is 13.2. The number of carboxylic acids is 1. The van der Waals surface area contributed by atoms with E-state index in [1.165, 1.54) is 29.0 Å². The molecule has 2 N–H and O–H groups in total. The molecule has 0 aliphatic carbocycles. The summed E-state index contributed by atoms with van der Waals surface area (Å²) in [6, 6.07) is 20.6. The first-order chi connectivity index (χ1) is 18.8. The molecule has 0 fully saturated rings. The maximum atomic E-state index is 13.0. The van der Waals surface area contributed by atoms with E-state index >= 15 is 0 Å². The van der Waals surface area contributed by atoms with E-state index in [1.807, 2.05) is 42.5 Å². The lowest BCUT2D eigenvalue weighted by atomic mass is 10.1. The number of fused-ring (bicyclic) bond motifs is 1. The number of benzene rings is 3. The molecule has 0 unspecified atom stereocenters. The van der Waals surface area contributed by atoms with E-state index in [4.69, 9.17) is 9.72 Å². The van der Waals surface area contributed by atoms with Gasteiger partial charge in [0, 0.05) is 39.5 Å². The molecule has 0 aliphatic heterocycles. The molecular formula is C30H25F3N2O3S. The minimum Gasteiger partial charge on any atom is -0.493 e. The topological polar surface area (TPSA) is 75.2 Å². The molecule has 2 heterocycles. The van der Waals surface area contributed by atoms with Crippen LogP contribution in [0, 0.1) is 0 Å². The van der Waals surface area contributed by atoms with Crippen molar-refractivity contribution in [2.24, 2.45) is 0 Å². The average molecular weight is 551 g/mol. The Morgan fingerprint density at radius 2 is 1.74 bits per heavy atom. The fraction of sp³-hybridized carbons (Fsp3) is 0.200. The first kappa shape index (κ1) is 26.5. The Labute approximate surface area is 226 Å². The Morgan fingerprint density at radius 1 is 0.974 bits per heavy atom. The third-order valence-electron chi connectivity index (χ3n) is 6.39. The number of nitrogens with one attached hydrogen (secondary N) is 1. The molecular weight excluding hydrogens is 525 g/mol. The number of halogens is 3. The predicted octanol–water partition coefficient (Wildman–Crippen LogP) is 7.34. The highest BCUT2D eigenvalue weighted by molar-refractivity contribution is 7.15. The molecule has 39 heavy (non-hydrogen) atoms. The van der Waals surface area contributed by atoms with Gasteiger partial charge in [-0.05, 0) is 48.7 Å². The van der Waals surface area contributed by atoms with Gasteiger partial charge in [-0.3, -0.25) is 4.79 Å². The van der Waals surface area contributed by atoms with Crippen LogP contribution in [0.1, 0.15) is 27.3 Å². The number of thiazole rings is 1. The monoisotopic (exact) mass is 550 g/mol. The zero-order valence-electron chi connectivity index (χ0n) is 20.8. The van der Waals surface area contributed by atoms with Crippen molar-refractivity contribution in [3.8, 4) is 16.3 Å². The van der Waals surface area contributed by atoms with E-state index in [9.17, 15) is 23.1 Å². The zero-order valence-corrected chi connectivity index (χ0v) is 21.6. The highest BCUT2D eigenvalue weighted by Gasteiger charge is 2.30. The van der Waals surface area contributed by atoms with Crippen LogP contribution >= 0.6 is 11.3 Å². The molecule has 2 aromatic heterocycles. The van der Waals surface area contributed by atoms with Crippen molar-refractivity contribution < 1.29 is 27.8 Å². The standard InChI is InChI=1S/C30H25F3N2O3S/c31-30(32,33)23-9-7-20(8-10-23)29-35-24(11-6-19-4-2-1-3-5-19)27(39-29)13-15-38-26-17-21-12-14-34-25(21)16-22(26)18-28(36)37/h1-5,7-10,12,14,16-17,34H,6,11,13,15,18H2,(H,36,37). The van der Waals surface area contributed by atoms with Gasteiger partial charge in [0.05, 0.1) is 24.3 Å². The SMILES string of the molecule is O=C(O)Cc1cc2[nH]ccc2cc1OCCc1sc(-c2ccc(C(F)(F)F)cc2)nc1CCc1ccccc1. The lowest BCUT2D eigenvalue weighted by molar-refractivity contribution is -0.138. The molecule has 0 atom stereocenters. The Bertz CT molecular complexity index is 1580. The molecule has 0 radical (unpaired) electrons. The van der Waals surface area contributed by atoms with Crippen molar-refractivity contribution >= 4 is 28.2 Å². The summed E-state index contributed by atoms with van der Waals surface area (Å²) in [6.07, 6.45) is -0.787. The van der Waals surface area contributed by atoms with Crippen LogP contribution in [0.25, 0.3) is 21.5 Å². The summed E-state index contributed by atoms with van der Waals surface area (Å²) in [7, 11) is 0. The number of hydrogen-bond donors (Lipinski definition) is 2. The largest absolute Gasteiger partial charge is 0.493 e. The summed E-state index contributed by atoms with van der Waals surface area (Å²) in [5.74, 6) is -0.430. The number of aryl methyl sites for hydroxylation is 2. The Morgan fingerprint density at radius 3 is 2.46 bits per heavy atom. The number of ether oxygens (including phenoxy) is 1. The second-order valence-electron chi connectivity index (χ2n) is 9.14. The van der Waals surface area contributed by atoms with Crippen molar-refractivity contribution in [1.29, 1.82) is 0 Å². The molecule has 9 heteroatoms. The van der Waals surface area contributed by atoms with Gasteiger partial charge in [-0.2, -0.15) is 13.2 Å². The van der Waals surface area contributed by atoms with Crippen LogP contribution in [0.3, 0.4) is 0 Å². The molecule has 0 saturated carbocycles. The molecule has 5 nitrogen and oxygen atoms in total. The maximum absolute atomic E-state index is 13.0.